The highest BCUT2D eigenvalue weighted by Gasteiger charge is 2.21. The molecule has 1 aliphatic heterocycles. The number of hydrogen-bond acceptors (Lipinski definition) is 3. The van der Waals surface area contributed by atoms with Gasteiger partial charge in [0, 0.05) is 24.9 Å². The van der Waals surface area contributed by atoms with Crippen molar-refractivity contribution in [2.24, 2.45) is 0 Å². The van der Waals surface area contributed by atoms with Crippen molar-refractivity contribution in [2.75, 3.05) is 38.5 Å². The van der Waals surface area contributed by atoms with Crippen LogP contribution in [0.4, 0.5) is 0 Å². The first-order chi connectivity index (χ1) is 9.71. The summed E-state index contributed by atoms with van der Waals surface area (Å²) in [5, 5.41) is 0.723. The smallest absolute Gasteiger partial charge is 0.236 e. The predicted molar refractivity (Wildman–Crippen MR) is 89.4 cm³/mol. The van der Waals surface area contributed by atoms with E-state index in [1.54, 1.807) is 0 Å². The normalized spacial score (nSPS) is 20.6. The number of amides is 1. The molecule has 0 spiro atoms. The summed E-state index contributed by atoms with van der Waals surface area (Å²) >= 11 is 2.06. The van der Waals surface area contributed by atoms with Crippen molar-refractivity contribution >= 4 is 17.7 Å². The Hall–Kier alpha value is -0.220. The van der Waals surface area contributed by atoms with Crippen LogP contribution in [0.2, 0.25) is 0 Å². The molecule has 0 aliphatic carbocycles. The average Bonchev–Trinajstić information content (AvgIpc) is 2.64. The monoisotopic (exact) mass is 300 g/mol. The van der Waals surface area contributed by atoms with Crippen LogP contribution in [0.1, 0.15) is 52.9 Å². The fraction of sp³-hybridized carbons (Fsp3) is 0.938. The van der Waals surface area contributed by atoms with Gasteiger partial charge in [-0.15, -0.1) is 0 Å². The second-order valence-electron chi connectivity index (χ2n) is 5.69. The molecule has 1 saturated heterocycles. The van der Waals surface area contributed by atoms with Gasteiger partial charge >= 0.3 is 0 Å². The molecule has 3 nitrogen and oxygen atoms in total. The maximum absolute atomic E-state index is 12.4. The summed E-state index contributed by atoms with van der Waals surface area (Å²) in [5.41, 5.74) is 0. The Bertz CT molecular complexity index is 267. The van der Waals surface area contributed by atoms with Crippen molar-refractivity contribution in [3.8, 4) is 0 Å². The second kappa shape index (κ2) is 10.5. The Morgan fingerprint density at radius 3 is 2.50 bits per heavy atom. The van der Waals surface area contributed by atoms with E-state index in [2.05, 4.69) is 37.4 Å². The Morgan fingerprint density at radius 2 is 1.90 bits per heavy atom. The first-order valence-corrected chi connectivity index (χ1v) is 9.37. The average molecular weight is 301 g/mol. The van der Waals surface area contributed by atoms with Crippen molar-refractivity contribution in [1.29, 1.82) is 0 Å². The molecule has 0 aromatic heterocycles. The molecule has 0 bridgehead atoms. The molecule has 118 valence electrons. The van der Waals surface area contributed by atoms with Crippen molar-refractivity contribution in [3.63, 3.8) is 0 Å². The minimum Gasteiger partial charge on any atom is -0.342 e. The minimum atomic E-state index is 0.329. The van der Waals surface area contributed by atoms with Crippen molar-refractivity contribution < 1.29 is 4.79 Å². The van der Waals surface area contributed by atoms with Gasteiger partial charge in [-0.1, -0.05) is 27.2 Å². The Labute approximate surface area is 129 Å². The topological polar surface area (TPSA) is 23.6 Å². The lowest BCUT2D eigenvalue weighted by molar-refractivity contribution is -0.132. The number of thioether (sulfide) groups is 1. The van der Waals surface area contributed by atoms with E-state index < -0.39 is 0 Å². The largest absolute Gasteiger partial charge is 0.342 e. The highest BCUT2D eigenvalue weighted by Crippen LogP contribution is 2.21. The molecule has 1 unspecified atom stereocenters. The van der Waals surface area contributed by atoms with Crippen molar-refractivity contribution in [2.45, 2.75) is 58.1 Å². The van der Waals surface area contributed by atoms with Crippen LogP contribution in [0.5, 0.6) is 0 Å². The maximum atomic E-state index is 12.4. The molecular weight excluding hydrogens is 268 g/mol. The number of hydrogen-bond donors (Lipinski definition) is 0. The number of carbonyl (C=O) groups excluding carboxylic acids is 1. The molecule has 1 fully saturated rings. The number of carbonyl (C=O) groups is 1. The summed E-state index contributed by atoms with van der Waals surface area (Å²) in [7, 11) is 0. The summed E-state index contributed by atoms with van der Waals surface area (Å²) in [6.07, 6.45) is 5.99. The molecule has 0 radical (unpaired) electrons. The molecule has 0 aromatic rings. The fourth-order valence-corrected chi connectivity index (χ4v) is 4.01. The SMILES string of the molecule is CCCN(CCC)C(=O)CN1CCCCC(SCC)C1. The van der Waals surface area contributed by atoms with Gasteiger partial charge in [0.15, 0.2) is 0 Å². The number of likely N-dealkylation sites (tertiary alicyclic amines) is 1. The lowest BCUT2D eigenvalue weighted by atomic mass is 10.2. The van der Waals surface area contributed by atoms with Crippen LogP contribution in [0, 0.1) is 0 Å². The zero-order chi connectivity index (χ0) is 14.8. The Kier molecular flexibility index (Phi) is 9.36. The third-order valence-electron chi connectivity index (χ3n) is 3.81. The van der Waals surface area contributed by atoms with E-state index in [4.69, 9.17) is 0 Å². The molecule has 0 saturated carbocycles. The van der Waals surface area contributed by atoms with Gasteiger partial charge in [0.2, 0.25) is 5.91 Å². The van der Waals surface area contributed by atoms with Gasteiger partial charge in [-0.25, -0.2) is 0 Å². The van der Waals surface area contributed by atoms with E-state index in [1.807, 2.05) is 4.90 Å². The van der Waals surface area contributed by atoms with E-state index in [0.29, 0.717) is 12.5 Å². The molecule has 1 rings (SSSR count). The third kappa shape index (κ3) is 6.49. The predicted octanol–water partition coefficient (Wildman–Crippen LogP) is 3.24. The van der Waals surface area contributed by atoms with Gasteiger partial charge < -0.3 is 4.90 Å². The van der Waals surface area contributed by atoms with Gasteiger partial charge in [-0.2, -0.15) is 11.8 Å². The van der Waals surface area contributed by atoms with Gasteiger partial charge in [-0.05, 0) is 38.0 Å². The zero-order valence-electron chi connectivity index (χ0n) is 13.6. The standard InChI is InChI=1S/C16H32N2OS/c1-4-10-18(11-5-2)16(19)14-17-12-8-7-9-15(13-17)20-6-3/h15H,4-14H2,1-3H3. The van der Waals surface area contributed by atoms with Gasteiger partial charge in [0.1, 0.15) is 0 Å². The van der Waals surface area contributed by atoms with E-state index >= 15 is 0 Å². The molecule has 1 heterocycles. The summed E-state index contributed by atoms with van der Waals surface area (Å²) in [6, 6.07) is 0. The first-order valence-electron chi connectivity index (χ1n) is 8.32. The molecule has 0 N–H and O–H groups in total. The van der Waals surface area contributed by atoms with Crippen LogP contribution in [-0.4, -0.2) is 59.4 Å². The van der Waals surface area contributed by atoms with E-state index in [0.717, 1.165) is 44.3 Å². The summed E-state index contributed by atoms with van der Waals surface area (Å²) in [6.45, 7) is 11.2. The highest BCUT2D eigenvalue weighted by atomic mass is 32.2. The fourth-order valence-electron chi connectivity index (χ4n) is 2.89. The molecule has 1 atom stereocenters. The quantitative estimate of drug-likeness (QED) is 0.687. The maximum Gasteiger partial charge on any atom is 0.236 e. The Morgan fingerprint density at radius 1 is 1.20 bits per heavy atom. The molecule has 1 aliphatic rings. The van der Waals surface area contributed by atoms with Crippen LogP contribution in [-0.2, 0) is 4.79 Å². The summed E-state index contributed by atoms with van der Waals surface area (Å²) < 4.78 is 0. The molecule has 20 heavy (non-hydrogen) atoms. The van der Waals surface area contributed by atoms with E-state index in [-0.39, 0.29) is 0 Å². The van der Waals surface area contributed by atoms with Crippen LogP contribution in [0.15, 0.2) is 0 Å². The third-order valence-corrected chi connectivity index (χ3v) is 5.00. The van der Waals surface area contributed by atoms with Crippen LogP contribution >= 0.6 is 11.8 Å². The lowest BCUT2D eigenvalue weighted by Crippen LogP contribution is -2.42. The van der Waals surface area contributed by atoms with E-state index in [1.165, 1.54) is 25.0 Å². The van der Waals surface area contributed by atoms with Crippen LogP contribution in [0.25, 0.3) is 0 Å². The number of nitrogens with zero attached hydrogens (tertiary/aromatic N) is 2. The van der Waals surface area contributed by atoms with E-state index in [9.17, 15) is 4.79 Å². The van der Waals surface area contributed by atoms with Gasteiger partial charge in [-0.3, -0.25) is 9.69 Å². The molecule has 4 heteroatoms. The zero-order valence-corrected chi connectivity index (χ0v) is 14.4. The Balaban J connectivity index is 2.48. The van der Waals surface area contributed by atoms with Crippen LogP contribution < -0.4 is 0 Å². The van der Waals surface area contributed by atoms with Crippen molar-refractivity contribution in [1.82, 2.24) is 9.80 Å². The van der Waals surface area contributed by atoms with Crippen molar-refractivity contribution in [3.05, 3.63) is 0 Å². The van der Waals surface area contributed by atoms with Gasteiger partial charge in [0.05, 0.1) is 6.54 Å². The first kappa shape index (κ1) is 17.8. The molecule has 1 amide bonds. The number of rotatable bonds is 8. The minimum absolute atomic E-state index is 0.329. The second-order valence-corrected chi connectivity index (χ2v) is 7.27. The lowest BCUT2D eigenvalue weighted by Gasteiger charge is -2.27. The highest BCUT2D eigenvalue weighted by molar-refractivity contribution is 7.99. The van der Waals surface area contributed by atoms with Crippen LogP contribution in [0.3, 0.4) is 0 Å². The molecule has 0 aromatic carbocycles. The van der Waals surface area contributed by atoms with Gasteiger partial charge in [0.25, 0.3) is 0 Å². The summed E-state index contributed by atoms with van der Waals surface area (Å²) in [4.78, 5) is 16.9. The molecular formula is C16H32N2OS. The summed E-state index contributed by atoms with van der Waals surface area (Å²) in [5.74, 6) is 1.51.